The lowest BCUT2D eigenvalue weighted by molar-refractivity contribution is -0.116. The predicted molar refractivity (Wildman–Crippen MR) is 182 cm³/mol. The molecule has 0 unspecified atom stereocenters. The van der Waals surface area contributed by atoms with Gasteiger partial charge in [-0.25, -0.2) is 14.7 Å². The SMILES string of the molecule is CCCCCCCCC(=O)Nc1ccc(OC)c(C2=NC(n3nc(C)cc3C)=NC2=Nc2ccc(N(C)CCCC)cc2)c1. The Morgan fingerprint density at radius 2 is 1.66 bits per heavy atom. The van der Waals surface area contributed by atoms with Gasteiger partial charge in [0.2, 0.25) is 5.91 Å². The van der Waals surface area contributed by atoms with Crippen LogP contribution in [0.25, 0.3) is 0 Å². The molecule has 0 saturated heterocycles. The van der Waals surface area contributed by atoms with E-state index >= 15 is 0 Å². The monoisotopic (exact) mass is 597 g/mol. The molecule has 0 radical (unpaired) electrons. The number of aliphatic imine (C=N–C) groups is 3. The van der Waals surface area contributed by atoms with Crippen molar-refractivity contribution in [2.24, 2.45) is 15.0 Å². The maximum Gasteiger partial charge on any atom is 0.253 e. The number of ether oxygens (including phenoxy) is 1. The Bertz CT molecular complexity index is 1500. The van der Waals surface area contributed by atoms with Gasteiger partial charge in [-0.2, -0.15) is 10.1 Å². The van der Waals surface area contributed by atoms with Crippen LogP contribution in [0.15, 0.2) is 63.5 Å². The average Bonchev–Trinajstić information content (AvgIpc) is 3.59. The van der Waals surface area contributed by atoms with E-state index in [-0.39, 0.29) is 5.91 Å². The van der Waals surface area contributed by atoms with Crippen molar-refractivity contribution in [2.45, 2.75) is 85.5 Å². The number of amides is 1. The second-order valence-electron chi connectivity index (χ2n) is 11.4. The Morgan fingerprint density at radius 1 is 0.932 bits per heavy atom. The van der Waals surface area contributed by atoms with E-state index in [1.165, 1.54) is 25.7 Å². The molecule has 1 aliphatic rings. The molecule has 1 aromatic heterocycles. The minimum Gasteiger partial charge on any atom is -0.496 e. The molecule has 3 aromatic rings. The summed E-state index contributed by atoms with van der Waals surface area (Å²) in [7, 11) is 3.73. The third-order valence-electron chi connectivity index (χ3n) is 7.70. The summed E-state index contributed by atoms with van der Waals surface area (Å²) in [5.74, 6) is 1.50. The Balaban J connectivity index is 1.62. The molecule has 234 valence electrons. The van der Waals surface area contributed by atoms with Gasteiger partial charge >= 0.3 is 0 Å². The summed E-state index contributed by atoms with van der Waals surface area (Å²) in [6, 6.07) is 15.7. The first kappa shape index (κ1) is 32.6. The molecule has 0 bridgehead atoms. The van der Waals surface area contributed by atoms with E-state index in [0.717, 1.165) is 55.0 Å². The summed E-state index contributed by atoms with van der Waals surface area (Å²) in [4.78, 5) is 29.7. The van der Waals surface area contributed by atoms with Gasteiger partial charge in [-0.15, -0.1) is 0 Å². The van der Waals surface area contributed by atoms with Gasteiger partial charge in [0.15, 0.2) is 5.84 Å². The number of hydrogen-bond acceptors (Lipinski definition) is 6. The van der Waals surface area contributed by atoms with Gasteiger partial charge in [-0.3, -0.25) is 4.79 Å². The van der Waals surface area contributed by atoms with Gasteiger partial charge < -0.3 is 15.0 Å². The van der Waals surface area contributed by atoms with Gasteiger partial charge in [-0.1, -0.05) is 52.4 Å². The second-order valence-corrected chi connectivity index (χ2v) is 11.4. The summed E-state index contributed by atoms with van der Waals surface area (Å²) in [5.41, 5.74) is 5.63. The first-order valence-electron chi connectivity index (χ1n) is 15.9. The molecule has 9 heteroatoms. The third kappa shape index (κ3) is 8.65. The van der Waals surface area contributed by atoms with Crippen molar-refractivity contribution in [2.75, 3.05) is 30.9 Å². The fraction of sp³-hybridized carbons (Fsp3) is 0.457. The van der Waals surface area contributed by atoms with E-state index in [1.54, 1.807) is 11.8 Å². The highest BCUT2D eigenvalue weighted by Crippen LogP contribution is 2.28. The van der Waals surface area contributed by atoms with Crippen LogP contribution in [0.1, 0.15) is 88.6 Å². The largest absolute Gasteiger partial charge is 0.496 e. The van der Waals surface area contributed by atoms with Crippen LogP contribution >= 0.6 is 0 Å². The van der Waals surface area contributed by atoms with E-state index < -0.39 is 0 Å². The molecule has 4 rings (SSSR count). The number of methoxy groups -OCH3 is 1. The number of aryl methyl sites for hydroxylation is 2. The molecule has 0 atom stereocenters. The number of carbonyl (C=O) groups excluding carboxylic acids is 1. The quantitative estimate of drug-likeness (QED) is 0.180. The van der Waals surface area contributed by atoms with Crippen LogP contribution < -0.4 is 15.0 Å². The van der Waals surface area contributed by atoms with E-state index in [4.69, 9.17) is 19.7 Å². The van der Waals surface area contributed by atoms with Crippen molar-refractivity contribution >= 4 is 40.5 Å². The molecule has 44 heavy (non-hydrogen) atoms. The number of nitrogens with zero attached hydrogens (tertiary/aromatic N) is 6. The van der Waals surface area contributed by atoms with Gasteiger partial charge in [0.25, 0.3) is 5.96 Å². The maximum absolute atomic E-state index is 12.8. The standard InChI is InChI=1S/C35H47N7O2/c1-7-9-11-12-13-14-15-32(43)36-28-18-21-31(44-6)30(24-28)33-34(39-35(38-33)42-26(4)23-25(3)40-42)37-27-16-19-29(20-17-27)41(5)22-10-8-2/h16-21,23-24H,7-15,22H2,1-6H3,(H,36,43). The normalized spacial score (nSPS) is 13.6. The highest BCUT2D eigenvalue weighted by molar-refractivity contribution is 6.53. The van der Waals surface area contributed by atoms with E-state index in [0.29, 0.717) is 40.9 Å². The molecule has 0 fully saturated rings. The van der Waals surface area contributed by atoms with Crippen molar-refractivity contribution in [3.05, 3.63) is 65.5 Å². The van der Waals surface area contributed by atoms with Crippen LogP contribution in [0, 0.1) is 13.8 Å². The highest BCUT2D eigenvalue weighted by atomic mass is 16.5. The lowest BCUT2D eigenvalue weighted by Gasteiger charge is -2.18. The summed E-state index contributed by atoms with van der Waals surface area (Å²) < 4.78 is 7.47. The van der Waals surface area contributed by atoms with Crippen molar-refractivity contribution < 1.29 is 9.53 Å². The fourth-order valence-corrected chi connectivity index (χ4v) is 5.20. The molecule has 1 amide bonds. The summed E-state index contributed by atoms with van der Waals surface area (Å²) in [5, 5.41) is 7.66. The number of carbonyl (C=O) groups is 1. The molecule has 0 spiro atoms. The second kappa shape index (κ2) is 16.0. The van der Waals surface area contributed by atoms with Gasteiger partial charge in [-0.05, 0) is 75.2 Å². The van der Waals surface area contributed by atoms with E-state index in [2.05, 4.69) is 48.3 Å². The molecule has 2 aromatic carbocycles. The van der Waals surface area contributed by atoms with Gasteiger partial charge in [0, 0.05) is 42.6 Å². The van der Waals surface area contributed by atoms with Crippen LogP contribution in [0.3, 0.4) is 0 Å². The summed E-state index contributed by atoms with van der Waals surface area (Å²) in [6.07, 6.45) is 9.62. The first-order chi connectivity index (χ1) is 21.3. The van der Waals surface area contributed by atoms with E-state index in [1.807, 2.05) is 50.2 Å². The Morgan fingerprint density at radius 3 is 2.34 bits per heavy atom. The van der Waals surface area contributed by atoms with Gasteiger partial charge in [0.05, 0.1) is 18.5 Å². The summed E-state index contributed by atoms with van der Waals surface area (Å²) in [6.45, 7) is 9.33. The number of amidine groups is 1. The number of rotatable bonds is 15. The number of hydrogen-bond donors (Lipinski definition) is 1. The van der Waals surface area contributed by atoms with Crippen molar-refractivity contribution in [3.8, 4) is 5.75 Å². The molecular weight excluding hydrogens is 550 g/mol. The number of nitrogens with one attached hydrogen (secondary N) is 1. The lowest BCUT2D eigenvalue weighted by atomic mass is 10.1. The molecule has 2 heterocycles. The molecule has 9 nitrogen and oxygen atoms in total. The van der Waals surface area contributed by atoms with Crippen LogP contribution in [0.4, 0.5) is 17.1 Å². The maximum atomic E-state index is 12.8. The number of anilines is 2. The van der Waals surface area contributed by atoms with Crippen molar-refractivity contribution in [1.29, 1.82) is 0 Å². The van der Waals surface area contributed by atoms with Crippen LogP contribution in [0.2, 0.25) is 0 Å². The zero-order valence-corrected chi connectivity index (χ0v) is 27.2. The first-order valence-corrected chi connectivity index (χ1v) is 15.9. The fourth-order valence-electron chi connectivity index (χ4n) is 5.20. The number of unbranched alkanes of at least 4 members (excludes halogenated alkanes) is 6. The van der Waals surface area contributed by atoms with Crippen LogP contribution in [0.5, 0.6) is 5.75 Å². The van der Waals surface area contributed by atoms with Gasteiger partial charge in [0.1, 0.15) is 11.5 Å². The van der Waals surface area contributed by atoms with Crippen LogP contribution in [-0.2, 0) is 4.79 Å². The molecule has 1 aliphatic heterocycles. The smallest absolute Gasteiger partial charge is 0.253 e. The average molecular weight is 598 g/mol. The van der Waals surface area contributed by atoms with Crippen molar-refractivity contribution in [3.63, 3.8) is 0 Å². The molecular formula is C35H47N7O2. The molecule has 0 aliphatic carbocycles. The zero-order valence-electron chi connectivity index (χ0n) is 27.2. The Hall–Kier alpha value is -4.27. The highest BCUT2D eigenvalue weighted by Gasteiger charge is 2.26. The topological polar surface area (TPSA) is 96.5 Å². The van der Waals surface area contributed by atoms with Crippen LogP contribution in [-0.4, -0.2) is 53.9 Å². The minimum atomic E-state index is 0.00225. The molecule has 0 saturated carbocycles. The minimum absolute atomic E-state index is 0.00225. The summed E-state index contributed by atoms with van der Waals surface area (Å²) >= 11 is 0. The predicted octanol–water partition coefficient (Wildman–Crippen LogP) is 7.87. The van der Waals surface area contributed by atoms with Crippen molar-refractivity contribution in [1.82, 2.24) is 9.78 Å². The number of benzene rings is 2. The third-order valence-corrected chi connectivity index (χ3v) is 7.70. The molecule has 1 N–H and O–H groups in total. The number of aromatic nitrogens is 2. The lowest BCUT2D eigenvalue weighted by Crippen LogP contribution is -2.17. The zero-order chi connectivity index (χ0) is 31.5. The van der Waals surface area contributed by atoms with E-state index in [9.17, 15) is 4.79 Å². The Labute approximate surface area is 262 Å². The Kier molecular flexibility index (Phi) is 11.9.